The summed E-state index contributed by atoms with van der Waals surface area (Å²) in [7, 11) is 1.84. The molecule has 1 saturated heterocycles. The third kappa shape index (κ3) is 3.15. The van der Waals surface area contributed by atoms with E-state index in [1.165, 1.54) is 5.69 Å². The summed E-state index contributed by atoms with van der Waals surface area (Å²) in [4.78, 5) is 17.1. The summed E-state index contributed by atoms with van der Waals surface area (Å²) in [5, 5.41) is 7.92. The van der Waals surface area contributed by atoms with Crippen LogP contribution in [0.3, 0.4) is 0 Å². The summed E-state index contributed by atoms with van der Waals surface area (Å²) in [6.45, 7) is 3.79. The first-order valence-electron chi connectivity index (χ1n) is 8.82. The molecule has 1 aliphatic heterocycles. The number of rotatable bonds is 4. The zero-order valence-electron chi connectivity index (χ0n) is 14.8. The number of aromatic amines is 1. The average Bonchev–Trinajstić information content (AvgIpc) is 3.17. The molecule has 0 spiro atoms. The minimum absolute atomic E-state index is 0.0170. The molecule has 26 heavy (non-hydrogen) atoms. The molecule has 134 valence electrons. The predicted octanol–water partition coefficient (Wildman–Crippen LogP) is 2.67. The molecule has 1 amide bonds. The van der Waals surface area contributed by atoms with Crippen LogP contribution in [-0.2, 0) is 11.3 Å². The van der Waals surface area contributed by atoms with Crippen LogP contribution in [-0.4, -0.2) is 54.4 Å². The number of hydrogen-bond donors (Lipinski definition) is 1. The van der Waals surface area contributed by atoms with Crippen molar-refractivity contribution in [3.05, 3.63) is 59.8 Å². The third-order valence-corrected chi connectivity index (χ3v) is 4.80. The molecule has 0 saturated carbocycles. The lowest BCUT2D eigenvalue weighted by Crippen LogP contribution is -2.37. The third-order valence-electron chi connectivity index (χ3n) is 4.80. The van der Waals surface area contributed by atoms with Gasteiger partial charge in [-0.25, -0.2) is 0 Å². The number of anilines is 1. The summed E-state index contributed by atoms with van der Waals surface area (Å²) in [6.07, 6.45) is 1.74. The number of H-pyrrole nitrogens is 1. The molecule has 6 nitrogen and oxygen atoms in total. The van der Waals surface area contributed by atoms with Gasteiger partial charge in [0.25, 0.3) is 5.91 Å². The molecule has 0 aliphatic carbocycles. The maximum Gasteiger partial charge on any atom is 0.256 e. The van der Waals surface area contributed by atoms with Gasteiger partial charge in [-0.3, -0.25) is 9.89 Å². The Kier molecular flexibility index (Phi) is 4.58. The van der Waals surface area contributed by atoms with Crippen LogP contribution in [0, 0.1) is 0 Å². The van der Waals surface area contributed by atoms with Crippen molar-refractivity contribution in [1.29, 1.82) is 0 Å². The molecule has 1 N–H and O–H groups in total. The van der Waals surface area contributed by atoms with Crippen molar-refractivity contribution in [2.75, 3.05) is 38.3 Å². The second-order valence-corrected chi connectivity index (χ2v) is 6.53. The van der Waals surface area contributed by atoms with Crippen molar-refractivity contribution in [1.82, 2.24) is 15.1 Å². The highest BCUT2D eigenvalue weighted by atomic mass is 16.5. The van der Waals surface area contributed by atoms with Crippen molar-refractivity contribution in [3.63, 3.8) is 0 Å². The van der Waals surface area contributed by atoms with Crippen LogP contribution in [0.4, 0.5) is 5.69 Å². The van der Waals surface area contributed by atoms with E-state index in [-0.39, 0.29) is 5.91 Å². The molecule has 1 fully saturated rings. The molecular weight excluding hydrogens is 328 g/mol. The molecule has 0 radical (unpaired) electrons. The Morgan fingerprint density at radius 2 is 2.00 bits per heavy atom. The lowest BCUT2D eigenvalue weighted by Gasteiger charge is -2.31. The first-order valence-corrected chi connectivity index (χ1v) is 8.82. The highest BCUT2D eigenvalue weighted by Crippen LogP contribution is 2.24. The van der Waals surface area contributed by atoms with E-state index in [4.69, 9.17) is 4.74 Å². The standard InChI is InChI=1S/C20H22N4O2/c1-23(20(25)17-7-4-6-15-13-21-22-19(15)17)14-16-5-2-3-8-18(16)24-9-11-26-12-10-24/h2-8,13H,9-12,14H2,1H3,(H,21,22). The topological polar surface area (TPSA) is 61.5 Å². The molecule has 3 aromatic rings. The van der Waals surface area contributed by atoms with E-state index in [0.717, 1.165) is 42.8 Å². The van der Waals surface area contributed by atoms with Gasteiger partial charge in [-0.15, -0.1) is 0 Å². The minimum Gasteiger partial charge on any atom is -0.378 e. The first kappa shape index (κ1) is 16.6. The quantitative estimate of drug-likeness (QED) is 0.786. The van der Waals surface area contributed by atoms with Gasteiger partial charge in [-0.1, -0.05) is 30.3 Å². The Balaban J connectivity index is 1.57. The summed E-state index contributed by atoms with van der Waals surface area (Å²) < 4.78 is 5.46. The number of fused-ring (bicyclic) bond motifs is 1. The van der Waals surface area contributed by atoms with Gasteiger partial charge in [-0.2, -0.15) is 5.10 Å². The molecule has 1 aliphatic rings. The van der Waals surface area contributed by atoms with Crippen LogP contribution in [0.1, 0.15) is 15.9 Å². The van der Waals surface area contributed by atoms with Crippen molar-refractivity contribution in [2.45, 2.75) is 6.54 Å². The number of carbonyl (C=O) groups is 1. The van der Waals surface area contributed by atoms with Gasteiger partial charge in [0.05, 0.1) is 30.5 Å². The highest BCUT2D eigenvalue weighted by Gasteiger charge is 2.19. The molecule has 0 bridgehead atoms. The molecular formula is C20H22N4O2. The van der Waals surface area contributed by atoms with Crippen LogP contribution < -0.4 is 4.90 Å². The molecule has 0 atom stereocenters. The number of nitrogens with one attached hydrogen (secondary N) is 1. The Morgan fingerprint density at radius 1 is 1.19 bits per heavy atom. The van der Waals surface area contributed by atoms with Gasteiger partial charge in [0, 0.05) is 37.8 Å². The molecule has 6 heteroatoms. The Hall–Kier alpha value is -2.86. The number of morpholine rings is 1. The maximum atomic E-state index is 13.0. The van der Waals surface area contributed by atoms with Crippen LogP contribution in [0.2, 0.25) is 0 Å². The number of ether oxygens (including phenoxy) is 1. The van der Waals surface area contributed by atoms with Crippen molar-refractivity contribution >= 4 is 22.5 Å². The van der Waals surface area contributed by atoms with Gasteiger partial charge >= 0.3 is 0 Å². The molecule has 0 unspecified atom stereocenters. The lowest BCUT2D eigenvalue weighted by atomic mass is 10.1. The zero-order valence-corrected chi connectivity index (χ0v) is 14.8. The van der Waals surface area contributed by atoms with E-state index in [2.05, 4.69) is 27.2 Å². The van der Waals surface area contributed by atoms with Gasteiger partial charge in [0.15, 0.2) is 0 Å². The fourth-order valence-electron chi connectivity index (χ4n) is 3.44. The number of benzene rings is 2. The van der Waals surface area contributed by atoms with Gasteiger partial charge in [-0.05, 0) is 17.7 Å². The average molecular weight is 350 g/mol. The van der Waals surface area contributed by atoms with E-state index in [1.54, 1.807) is 11.1 Å². The second kappa shape index (κ2) is 7.17. The smallest absolute Gasteiger partial charge is 0.256 e. The number of aromatic nitrogens is 2. The summed E-state index contributed by atoms with van der Waals surface area (Å²) >= 11 is 0. The largest absolute Gasteiger partial charge is 0.378 e. The summed E-state index contributed by atoms with van der Waals surface area (Å²) in [5.41, 5.74) is 3.74. The first-order chi connectivity index (χ1) is 12.7. The Morgan fingerprint density at radius 3 is 2.85 bits per heavy atom. The second-order valence-electron chi connectivity index (χ2n) is 6.53. The fourth-order valence-corrected chi connectivity index (χ4v) is 3.44. The Bertz CT molecular complexity index is 915. The number of nitrogens with zero attached hydrogens (tertiary/aromatic N) is 3. The van der Waals surface area contributed by atoms with Crippen LogP contribution in [0.5, 0.6) is 0 Å². The monoisotopic (exact) mass is 350 g/mol. The van der Waals surface area contributed by atoms with Gasteiger partial charge in [0.2, 0.25) is 0 Å². The van der Waals surface area contributed by atoms with Crippen LogP contribution >= 0.6 is 0 Å². The molecule has 1 aromatic heterocycles. The molecule has 2 aromatic carbocycles. The van der Waals surface area contributed by atoms with Gasteiger partial charge < -0.3 is 14.5 Å². The van der Waals surface area contributed by atoms with Crippen molar-refractivity contribution in [2.24, 2.45) is 0 Å². The fraction of sp³-hybridized carbons (Fsp3) is 0.300. The number of carbonyl (C=O) groups excluding carboxylic acids is 1. The van der Waals surface area contributed by atoms with Crippen LogP contribution in [0.15, 0.2) is 48.7 Å². The van der Waals surface area contributed by atoms with Gasteiger partial charge in [0.1, 0.15) is 0 Å². The normalized spacial score (nSPS) is 14.6. The van der Waals surface area contributed by atoms with E-state index < -0.39 is 0 Å². The minimum atomic E-state index is -0.0170. The van der Waals surface area contributed by atoms with E-state index in [9.17, 15) is 4.79 Å². The summed E-state index contributed by atoms with van der Waals surface area (Å²) in [6, 6.07) is 14.0. The van der Waals surface area contributed by atoms with E-state index in [0.29, 0.717) is 12.1 Å². The van der Waals surface area contributed by atoms with Crippen molar-refractivity contribution in [3.8, 4) is 0 Å². The Labute approximate surface area is 152 Å². The number of hydrogen-bond acceptors (Lipinski definition) is 4. The van der Waals surface area contributed by atoms with E-state index in [1.807, 2.05) is 37.4 Å². The maximum absolute atomic E-state index is 13.0. The zero-order chi connectivity index (χ0) is 17.9. The molecule has 2 heterocycles. The van der Waals surface area contributed by atoms with Crippen molar-refractivity contribution < 1.29 is 9.53 Å². The number of amides is 1. The highest BCUT2D eigenvalue weighted by molar-refractivity contribution is 6.05. The predicted molar refractivity (Wildman–Crippen MR) is 101 cm³/mol. The summed E-state index contributed by atoms with van der Waals surface area (Å²) in [5.74, 6) is -0.0170. The van der Waals surface area contributed by atoms with Crippen LogP contribution in [0.25, 0.3) is 10.9 Å². The SMILES string of the molecule is CN(Cc1ccccc1N1CCOCC1)C(=O)c1cccc2cn[nH]c12. The molecule has 4 rings (SSSR count). The van der Waals surface area contributed by atoms with E-state index >= 15 is 0 Å². The number of para-hydroxylation sites is 2. The lowest BCUT2D eigenvalue weighted by molar-refractivity contribution is 0.0786.